The van der Waals surface area contributed by atoms with E-state index in [9.17, 15) is 14.4 Å². The number of carbonyl (C=O) groups excluding carboxylic acids is 3. The van der Waals surface area contributed by atoms with Gasteiger partial charge in [0.05, 0.1) is 5.25 Å². The first-order chi connectivity index (χ1) is 17.0. The normalized spacial score (nSPS) is 23.3. The molecule has 2 unspecified atom stereocenters. The Kier molecular flexibility index (Phi) is 6.95. The van der Waals surface area contributed by atoms with Crippen LogP contribution in [0, 0.1) is 0 Å². The first-order valence-electron chi connectivity index (χ1n) is 12.3. The minimum absolute atomic E-state index is 0.0301. The van der Waals surface area contributed by atoms with Crippen LogP contribution in [-0.4, -0.2) is 51.9 Å². The van der Waals surface area contributed by atoms with E-state index in [-0.39, 0.29) is 40.7 Å². The molecule has 0 radical (unpaired) electrons. The van der Waals surface area contributed by atoms with Crippen LogP contribution >= 0.6 is 11.8 Å². The molecule has 3 heterocycles. The van der Waals surface area contributed by atoms with Crippen LogP contribution < -0.4 is 5.32 Å². The summed E-state index contributed by atoms with van der Waals surface area (Å²) < 4.78 is 0. The summed E-state index contributed by atoms with van der Waals surface area (Å²) in [5.74, 6) is 0.0697. The minimum Gasteiger partial charge on any atom is -0.342 e. The van der Waals surface area contributed by atoms with Crippen molar-refractivity contribution < 1.29 is 14.4 Å². The Morgan fingerprint density at radius 3 is 2.51 bits per heavy atom. The molecule has 1 N–H and O–H groups in total. The van der Waals surface area contributed by atoms with Crippen LogP contribution in [0.5, 0.6) is 0 Å². The summed E-state index contributed by atoms with van der Waals surface area (Å²) in [6.45, 7) is 3.81. The Balaban J connectivity index is 1.19. The molecule has 0 aliphatic carbocycles. The van der Waals surface area contributed by atoms with Gasteiger partial charge in [0.25, 0.3) is 0 Å². The van der Waals surface area contributed by atoms with E-state index in [0.29, 0.717) is 19.6 Å². The lowest BCUT2D eigenvalue weighted by Crippen LogP contribution is -2.51. The highest BCUT2D eigenvalue weighted by molar-refractivity contribution is 8.00. The van der Waals surface area contributed by atoms with Crippen molar-refractivity contribution in [2.24, 2.45) is 0 Å². The van der Waals surface area contributed by atoms with E-state index in [2.05, 4.69) is 17.4 Å². The van der Waals surface area contributed by atoms with Crippen LogP contribution in [0.2, 0.25) is 0 Å². The topological polar surface area (TPSA) is 69.7 Å². The molecule has 6 nitrogen and oxygen atoms in total. The van der Waals surface area contributed by atoms with Crippen LogP contribution in [0.4, 0.5) is 10.5 Å². The smallest absolute Gasteiger partial charge is 0.322 e. The van der Waals surface area contributed by atoms with Gasteiger partial charge in [-0.1, -0.05) is 54.1 Å². The molecular formula is C28H31N3O3S. The van der Waals surface area contributed by atoms with Crippen molar-refractivity contribution >= 4 is 35.2 Å². The van der Waals surface area contributed by atoms with Crippen LogP contribution in [0.15, 0.2) is 66.2 Å². The number of carbonyl (C=O) groups is 3. The highest BCUT2D eigenvalue weighted by Crippen LogP contribution is 2.41. The third kappa shape index (κ3) is 5.30. The highest BCUT2D eigenvalue weighted by atomic mass is 32.2. The number of likely N-dealkylation sites (tertiary alicyclic amines) is 1. The number of fused-ring (bicyclic) bond motifs is 1. The molecule has 1 saturated heterocycles. The summed E-state index contributed by atoms with van der Waals surface area (Å²) in [7, 11) is 0. The van der Waals surface area contributed by atoms with Gasteiger partial charge in [0, 0.05) is 43.0 Å². The Morgan fingerprint density at radius 2 is 1.74 bits per heavy atom. The molecule has 3 amide bonds. The van der Waals surface area contributed by atoms with Crippen molar-refractivity contribution in [2.75, 3.05) is 18.4 Å². The number of anilines is 1. The third-order valence-corrected chi connectivity index (χ3v) is 8.69. The van der Waals surface area contributed by atoms with E-state index >= 15 is 0 Å². The monoisotopic (exact) mass is 489 g/mol. The van der Waals surface area contributed by atoms with Gasteiger partial charge in [-0.15, -0.1) is 11.8 Å². The summed E-state index contributed by atoms with van der Waals surface area (Å²) in [5, 5.41) is 2.79. The molecule has 0 spiro atoms. The molecule has 35 heavy (non-hydrogen) atoms. The largest absolute Gasteiger partial charge is 0.342 e. The van der Waals surface area contributed by atoms with Gasteiger partial charge in [-0.25, -0.2) is 4.79 Å². The Bertz CT molecular complexity index is 1140. The molecular weight excluding hydrogens is 458 g/mol. The van der Waals surface area contributed by atoms with Gasteiger partial charge in [0.15, 0.2) is 5.78 Å². The van der Waals surface area contributed by atoms with Gasteiger partial charge in [0.1, 0.15) is 0 Å². The lowest BCUT2D eigenvalue weighted by Gasteiger charge is -2.40. The van der Waals surface area contributed by atoms with Gasteiger partial charge < -0.3 is 15.1 Å². The first kappa shape index (κ1) is 23.7. The van der Waals surface area contributed by atoms with Crippen LogP contribution in [0.3, 0.4) is 0 Å². The fourth-order valence-corrected chi connectivity index (χ4v) is 6.76. The number of hydrogen-bond donors (Lipinski definition) is 1. The highest BCUT2D eigenvalue weighted by Gasteiger charge is 2.34. The number of ketones is 1. The van der Waals surface area contributed by atoms with Crippen LogP contribution in [-0.2, 0) is 16.1 Å². The average molecular weight is 490 g/mol. The number of amides is 3. The minimum atomic E-state index is -0.368. The van der Waals surface area contributed by atoms with Gasteiger partial charge in [-0.3, -0.25) is 9.59 Å². The number of allylic oxidation sites excluding steroid dienone is 2. The molecule has 2 aromatic rings. The number of hydrogen-bond acceptors (Lipinski definition) is 4. The van der Waals surface area contributed by atoms with Crippen molar-refractivity contribution in [1.82, 2.24) is 9.80 Å². The fourth-order valence-electron chi connectivity index (χ4n) is 5.25. The number of urea groups is 1. The van der Waals surface area contributed by atoms with Crippen molar-refractivity contribution in [2.45, 2.75) is 55.7 Å². The maximum atomic E-state index is 13.2. The molecule has 1 fully saturated rings. The third-order valence-electron chi connectivity index (χ3n) is 7.19. The van der Waals surface area contributed by atoms with Gasteiger partial charge in [0.2, 0.25) is 5.91 Å². The Hall–Kier alpha value is -3.06. The standard InChI is InChI=1S/C28H31N3O3S/c1-19-15-24(32)26(35-25(16-19)20-7-3-2-4-8-20)17-27(33)30-13-11-22(12-14-30)31-18-21-9-5-6-10-23(21)29-28(31)34/h2-10,15,22,25-26H,11-14,16-18H2,1H3,(H,29,34). The van der Waals surface area contributed by atoms with Crippen LogP contribution in [0.25, 0.3) is 0 Å². The average Bonchev–Trinajstić information content (AvgIpc) is 3.01. The lowest BCUT2D eigenvalue weighted by molar-refractivity contribution is -0.133. The van der Waals surface area contributed by atoms with E-state index in [4.69, 9.17) is 0 Å². The SMILES string of the molecule is CC1=CC(=O)C(CC(=O)N2CCC(N3Cc4ccccc4NC3=O)CC2)SC(c2ccccc2)C1. The Labute approximate surface area is 210 Å². The number of thioether (sulfide) groups is 1. The van der Waals surface area contributed by atoms with Gasteiger partial charge >= 0.3 is 6.03 Å². The number of nitrogens with one attached hydrogen (secondary N) is 1. The molecule has 0 bridgehead atoms. The molecule has 182 valence electrons. The van der Waals surface area contributed by atoms with E-state index in [1.165, 1.54) is 5.56 Å². The zero-order valence-corrected chi connectivity index (χ0v) is 20.8. The van der Waals surface area contributed by atoms with Crippen molar-refractivity contribution in [3.05, 3.63) is 77.4 Å². The molecule has 5 rings (SSSR count). The van der Waals surface area contributed by atoms with Crippen molar-refractivity contribution in [1.29, 1.82) is 0 Å². The summed E-state index contributed by atoms with van der Waals surface area (Å²) in [6.07, 6.45) is 4.26. The molecule has 7 heteroatoms. The molecule has 2 atom stereocenters. The van der Waals surface area contributed by atoms with E-state index < -0.39 is 0 Å². The summed E-state index contributed by atoms with van der Waals surface area (Å²) in [5.41, 5.74) is 4.25. The lowest BCUT2D eigenvalue weighted by atomic mass is 10.00. The molecule has 0 aromatic heterocycles. The quantitative estimate of drug-likeness (QED) is 0.643. The van der Waals surface area contributed by atoms with Crippen molar-refractivity contribution in [3.63, 3.8) is 0 Å². The fraction of sp³-hybridized carbons (Fsp3) is 0.393. The Morgan fingerprint density at radius 1 is 1.03 bits per heavy atom. The van der Waals surface area contributed by atoms with E-state index in [1.54, 1.807) is 17.8 Å². The zero-order chi connectivity index (χ0) is 24.4. The number of piperidine rings is 1. The van der Waals surface area contributed by atoms with Crippen molar-refractivity contribution in [3.8, 4) is 0 Å². The first-order valence-corrected chi connectivity index (χ1v) is 13.3. The predicted octanol–water partition coefficient (Wildman–Crippen LogP) is 5.18. The summed E-state index contributed by atoms with van der Waals surface area (Å²) >= 11 is 1.62. The number of para-hydroxylation sites is 1. The second-order valence-corrected chi connectivity index (χ2v) is 11.1. The second kappa shape index (κ2) is 10.3. The molecule has 3 aliphatic heterocycles. The molecule has 0 saturated carbocycles. The maximum absolute atomic E-state index is 13.2. The van der Waals surface area contributed by atoms with E-state index in [0.717, 1.165) is 36.1 Å². The maximum Gasteiger partial charge on any atom is 0.322 e. The summed E-state index contributed by atoms with van der Waals surface area (Å²) in [6, 6.07) is 18.2. The molecule has 2 aromatic carbocycles. The molecule has 3 aliphatic rings. The van der Waals surface area contributed by atoms with E-state index in [1.807, 2.05) is 59.2 Å². The number of benzene rings is 2. The number of rotatable bonds is 4. The second-order valence-electron chi connectivity index (χ2n) is 9.65. The zero-order valence-electron chi connectivity index (χ0n) is 20.0. The van der Waals surface area contributed by atoms with Crippen LogP contribution in [0.1, 0.15) is 49.0 Å². The van der Waals surface area contributed by atoms with Gasteiger partial charge in [-0.2, -0.15) is 0 Å². The summed E-state index contributed by atoms with van der Waals surface area (Å²) in [4.78, 5) is 42.5. The number of nitrogens with zero attached hydrogens (tertiary/aromatic N) is 2. The predicted molar refractivity (Wildman–Crippen MR) is 139 cm³/mol. The van der Waals surface area contributed by atoms with Gasteiger partial charge in [-0.05, 0) is 49.5 Å².